The van der Waals surface area contributed by atoms with E-state index in [4.69, 9.17) is 0 Å². The van der Waals surface area contributed by atoms with Crippen LogP contribution >= 0.6 is 0 Å². The second-order valence-corrected chi connectivity index (χ2v) is 8.34. The van der Waals surface area contributed by atoms with Crippen molar-refractivity contribution in [3.63, 3.8) is 0 Å². The fourth-order valence-electron chi connectivity index (χ4n) is 5.09. The van der Waals surface area contributed by atoms with E-state index in [1.165, 1.54) is 71.1 Å². The van der Waals surface area contributed by atoms with Crippen molar-refractivity contribution in [1.29, 1.82) is 0 Å². The third-order valence-corrected chi connectivity index (χ3v) is 6.52. The third-order valence-electron chi connectivity index (χ3n) is 6.52. The summed E-state index contributed by atoms with van der Waals surface area (Å²) in [4.78, 5) is 0. The zero-order chi connectivity index (χ0) is 17.4. The van der Waals surface area contributed by atoms with Gasteiger partial charge in [-0.05, 0) is 75.0 Å². The minimum Gasteiger partial charge on any atom is -0.192 e. The van der Waals surface area contributed by atoms with Crippen LogP contribution in [0, 0.1) is 35.5 Å². The van der Waals surface area contributed by atoms with Gasteiger partial charge in [0, 0.05) is 6.42 Å². The Kier molecular flexibility index (Phi) is 8.05. The van der Waals surface area contributed by atoms with Gasteiger partial charge in [-0.15, -0.1) is 5.92 Å². The lowest BCUT2D eigenvalue weighted by atomic mass is 9.68. The first-order valence-corrected chi connectivity index (χ1v) is 10.4. The summed E-state index contributed by atoms with van der Waals surface area (Å²) in [5, 5.41) is 0. The average molecular weight is 339 g/mol. The van der Waals surface area contributed by atoms with Crippen LogP contribution in [0.3, 0.4) is 0 Å². The maximum atomic E-state index is 13.7. The van der Waals surface area contributed by atoms with Crippen LogP contribution < -0.4 is 0 Å². The minimum atomic E-state index is -2.77. The van der Waals surface area contributed by atoms with Gasteiger partial charge in [-0.2, -0.15) is 8.78 Å². The topological polar surface area (TPSA) is 0 Å². The highest BCUT2D eigenvalue weighted by Crippen LogP contribution is 2.44. The van der Waals surface area contributed by atoms with E-state index in [1.54, 1.807) is 0 Å². The molecule has 0 aromatic rings. The van der Waals surface area contributed by atoms with Gasteiger partial charge in [-0.3, -0.25) is 0 Å². The van der Waals surface area contributed by atoms with Gasteiger partial charge in [0.25, 0.3) is 0 Å². The Balaban J connectivity index is 1.67. The first kappa shape index (κ1) is 19.7. The molecule has 2 saturated carbocycles. The van der Waals surface area contributed by atoms with E-state index in [0.717, 1.165) is 30.6 Å². The number of alkyl halides is 2. The molecular formula is C22H36F2. The van der Waals surface area contributed by atoms with Crippen molar-refractivity contribution in [2.24, 2.45) is 23.7 Å². The lowest BCUT2D eigenvalue weighted by Crippen LogP contribution is -2.28. The smallest absolute Gasteiger partial charge is 0.192 e. The minimum absolute atomic E-state index is 0.0231. The van der Waals surface area contributed by atoms with Gasteiger partial charge in [0.15, 0.2) is 0 Å². The van der Waals surface area contributed by atoms with Crippen LogP contribution in [-0.2, 0) is 0 Å². The van der Waals surface area contributed by atoms with Crippen LogP contribution in [0.1, 0.15) is 97.3 Å². The van der Waals surface area contributed by atoms with Crippen LogP contribution in [0.4, 0.5) is 8.78 Å². The zero-order valence-electron chi connectivity index (χ0n) is 15.8. The van der Waals surface area contributed by atoms with Gasteiger partial charge < -0.3 is 0 Å². The molecule has 0 aliphatic heterocycles. The molecule has 0 aromatic carbocycles. The molecule has 2 heteroatoms. The normalized spacial score (nSPS) is 31.3. The Labute approximate surface area is 148 Å². The largest absolute Gasteiger partial charge is 0.308 e. The quantitative estimate of drug-likeness (QED) is 0.339. The summed E-state index contributed by atoms with van der Waals surface area (Å²) in [7, 11) is 0. The van der Waals surface area contributed by atoms with Crippen LogP contribution in [-0.4, -0.2) is 5.92 Å². The lowest BCUT2D eigenvalue weighted by Gasteiger charge is -2.38. The summed E-state index contributed by atoms with van der Waals surface area (Å²) in [6.07, 6.45) is 15.5. The van der Waals surface area contributed by atoms with E-state index in [9.17, 15) is 8.78 Å². The molecule has 2 aliphatic rings. The van der Waals surface area contributed by atoms with Crippen molar-refractivity contribution in [2.75, 3.05) is 0 Å². The van der Waals surface area contributed by atoms with E-state index in [2.05, 4.69) is 18.8 Å². The summed E-state index contributed by atoms with van der Waals surface area (Å²) in [6.45, 7) is 3.78. The van der Waals surface area contributed by atoms with Gasteiger partial charge in [0.1, 0.15) is 0 Å². The predicted octanol–water partition coefficient (Wildman–Crippen LogP) is 7.23. The Morgan fingerprint density at radius 1 is 0.833 bits per heavy atom. The molecule has 2 rings (SSSR count). The summed E-state index contributed by atoms with van der Waals surface area (Å²) < 4.78 is 27.3. The fraction of sp³-hybridized carbons (Fsp3) is 0.909. The van der Waals surface area contributed by atoms with Crippen molar-refractivity contribution < 1.29 is 8.78 Å². The van der Waals surface area contributed by atoms with E-state index in [-0.39, 0.29) is 12.3 Å². The molecule has 0 saturated heterocycles. The molecule has 0 amide bonds. The number of hydrogen-bond donors (Lipinski definition) is 0. The number of rotatable bonds is 7. The molecule has 2 fully saturated rings. The van der Waals surface area contributed by atoms with Gasteiger partial charge >= 0.3 is 5.92 Å². The Morgan fingerprint density at radius 2 is 1.38 bits per heavy atom. The molecular weight excluding hydrogens is 302 g/mol. The lowest BCUT2D eigenvalue weighted by molar-refractivity contribution is 0.0239. The fourth-order valence-corrected chi connectivity index (χ4v) is 5.09. The average Bonchev–Trinajstić information content (AvgIpc) is 2.56. The molecule has 0 nitrogen and oxygen atoms in total. The number of hydrogen-bond acceptors (Lipinski definition) is 0. The SMILES string of the molecule is CC#CC(F)(F)CC1CCC(C2CCC(CCCCC)CC2)CC1. The molecule has 24 heavy (non-hydrogen) atoms. The predicted molar refractivity (Wildman–Crippen MR) is 98.1 cm³/mol. The first-order valence-electron chi connectivity index (χ1n) is 10.4. The van der Waals surface area contributed by atoms with Crippen LogP contribution in [0.5, 0.6) is 0 Å². The van der Waals surface area contributed by atoms with Crippen molar-refractivity contribution in [3.8, 4) is 11.8 Å². The van der Waals surface area contributed by atoms with Gasteiger partial charge in [-0.1, -0.05) is 45.4 Å². The first-order chi connectivity index (χ1) is 11.5. The van der Waals surface area contributed by atoms with E-state index in [0.29, 0.717) is 0 Å². The van der Waals surface area contributed by atoms with Gasteiger partial charge in [0.2, 0.25) is 0 Å². The number of halogens is 2. The highest BCUT2D eigenvalue weighted by molar-refractivity contribution is 5.07. The molecule has 0 spiro atoms. The van der Waals surface area contributed by atoms with Crippen molar-refractivity contribution >= 4 is 0 Å². The van der Waals surface area contributed by atoms with Crippen LogP contribution in [0.2, 0.25) is 0 Å². The van der Waals surface area contributed by atoms with Crippen molar-refractivity contribution in [2.45, 2.75) is 103 Å². The molecule has 0 radical (unpaired) electrons. The zero-order valence-corrected chi connectivity index (χ0v) is 15.8. The second kappa shape index (κ2) is 9.79. The van der Waals surface area contributed by atoms with Gasteiger partial charge in [0.05, 0.1) is 0 Å². The summed E-state index contributed by atoms with van der Waals surface area (Å²) >= 11 is 0. The standard InChI is InChI=1S/C22H36F2/c1-3-5-6-7-18-8-12-20(13-9-18)21-14-10-19(11-15-21)17-22(23,24)16-4-2/h18-21H,3,5-15,17H2,1-2H3. The maximum absolute atomic E-state index is 13.7. The molecule has 0 heterocycles. The van der Waals surface area contributed by atoms with Gasteiger partial charge in [-0.25, -0.2) is 0 Å². The van der Waals surface area contributed by atoms with E-state index in [1.807, 2.05) is 0 Å². The maximum Gasteiger partial charge on any atom is 0.308 e. The Morgan fingerprint density at radius 3 is 1.88 bits per heavy atom. The molecule has 0 unspecified atom stereocenters. The van der Waals surface area contributed by atoms with Crippen LogP contribution in [0.15, 0.2) is 0 Å². The van der Waals surface area contributed by atoms with E-state index < -0.39 is 5.92 Å². The monoisotopic (exact) mass is 338 g/mol. The van der Waals surface area contributed by atoms with Crippen LogP contribution in [0.25, 0.3) is 0 Å². The number of unbranched alkanes of at least 4 members (excludes halogenated alkanes) is 2. The Bertz CT molecular complexity index is 401. The highest BCUT2D eigenvalue weighted by atomic mass is 19.3. The second-order valence-electron chi connectivity index (χ2n) is 8.34. The summed E-state index contributed by atoms with van der Waals surface area (Å²) in [6, 6.07) is 0. The molecule has 0 bridgehead atoms. The van der Waals surface area contributed by atoms with E-state index >= 15 is 0 Å². The van der Waals surface area contributed by atoms with Crippen molar-refractivity contribution in [1.82, 2.24) is 0 Å². The molecule has 0 aromatic heterocycles. The Hall–Kier alpha value is -0.580. The molecule has 0 atom stereocenters. The summed E-state index contributed by atoms with van der Waals surface area (Å²) in [5.41, 5.74) is 0. The molecule has 0 N–H and O–H groups in total. The highest BCUT2D eigenvalue weighted by Gasteiger charge is 2.35. The summed E-state index contributed by atoms with van der Waals surface area (Å²) in [5.74, 6) is 4.53. The molecule has 2 aliphatic carbocycles. The van der Waals surface area contributed by atoms with Crippen molar-refractivity contribution in [3.05, 3.63) is 0 Å². The molecule has 138 valence electrons. The third kappa shape index (κ3) is 6.38.